The van der Waals surface area contributed by atoms with Gasteiger partial charge in [0.2, 0.25) is 0 Å². The van der Waals surface area contributed by atoms with E-state index in [0.717, 1.165) is 30.6 Å². The number of carbonyl (C=O) groups excluding carboxylic acids is 1. The van der Waals surface area contributed by atoms with Crippen molar-refractivity contribution in [2.75, 3.05) is 17.2 Å². The number of hydrogen-bond acceptors (Lipinski definition) is 3. The van der Waals surface area contributed by atoms with Crippen LogP contribution in [0, 0.1) is 6.92 Å². The van der Waals surface area contributed by atoms with Crippen molar-refractivity contribution in [2.24, 2.45) is 0 Å². The van der Waals surface area contributed by atoms with E-state index in [2.05, 4.69) is 10.6 Å². The van der Waals surface area contributed by atoms with Crippen LogP contribution in [0.1, 0.15) is 27.9 Å². The standard InChI is InChI=1S/C17H18N2O2/c1-11-4-6-14(10-16(11)20)19-17(21)13-5-7-15-12(9-13)3-2-8-18-15/h4-7,9-10,18,20H,2-3,8H2,1H3,(H,19,21). The number of benzene rings is 2. The molecule has 0 bridgehead atoms. The van der Waals surface area contributed by atoms with Crippen LogP contribution in [0.4, 0.5) is 11.4 Å². The van der Waals surface area contributed by atoms with Gasteiger partial charge in [-0.05, 0) is 55.2 Å². The van der Waals surface area contributed by atoms with Crippen LogP contribution >= 0.6 is 0 Å². The van der Waals surface area contributed by atoms with E-state index in [1.807, 2.05) is 25.1 Å². The van der Waals surface area contributed by atoms with Crippen LogP contribution in [0.3, 0.4) is 0 Å². The van der Waals surface area contributed by atoms with Gasteiger partial charge in [-0.15, -0.1) is 0 Å². The van der Waals surface area contributed by atoms with Gasteiger partial charge >= 0.3 is 0 Å². The topological polar surface area (TPSA) is 61.4 Å². The van der Waals surface area contributed by atoms with Crippen molar-refractivity contribution in [3.05, 3.63) is 53.1 Å². The molecule has 0 aromatic heterocycles. The van der Waals surface area contributed by atoms with Crippen molar-refractivity contribution >= 4 is 17.3 Å². The average molecular weight is 282 g/mol. The lowest BCUT2D eigenvalue weighted by Crippen LogP contribution is -2.15. The number of fused-ring (bicyclic) bond motifs is 1. The van der Waals surface area contributed by atoms with Crippen molar-refractivity contribution in [3.63, 3.8) is 0 Å². The molecule has 1 aliphatic rings. The Bertz CT molecular complexity index is 695. The summed E-state index contributed by atoms with van der Waals surface area (Å²) >= 11 is 0. The Hall–Kier alpha value is -2.49. The predicted molar refractivity (Wildman–Crippen MR) is 84.0 cm³/mol. The minimum absolute atomic E-state index is 0.161. The maximum absolute atomic E-state index is 12.3. The minimum atomic E-state index is -0.161. The van der Waals surface area contributed by atoms with E-state index < -0.39 is 0 Å². The molecule has 0 saturated heterocycles. The number of phenols is 1. The summed E-state index contributed by atoms with van der Waals surface area (Å²) in [4.78, 5) is 12.3. The largest absolute Gasteiger partial charge is 0.508 e. The van der Waals surface area contributed by atoms with Gasteiger partial charge in [-0.1, -0.05) is 6.07 Å². The lowest BCUT2D eigenvalue weighted by molar-refractivity contribution is 0.102. The van der Waals surface area contributed by atoms with Gasteiger partial charge in [-0.3, -0.25) is 4.79 Å². The first-order valence-corrected chi connectivity index (χ1v) is 7.11. The van der Waals surface area contributed by atoms with Gasteiger partial charge in [-0.25, -0.2) is 0 Å². The van der Waals surface area contributed by atoms with E-state index in [1.54, 1.807) is 18.2 Å². The molecule has 1 amide bonds. The Labute approximate surface area is 123 Å². The van der Waals surface area contributed by atoms with E-state index in [-0.39, 0.29) is 11.7 Å². The quantitative estimate of drug-likeness (QED) is 0.792. The third-order valence-corrected chi connectivity index (χ3v) is 3.77. The number of rotatable bonds is 2. The third kappa shape index (κ3) is 2.84. The molecule has 0 aliphatic carbocycles. The molecule has 0 unspecified atom stereocenters. The van der Waals surface area contributed by atoms with Crippen molar-refractivity contribution in [2.45, 2.75) is 19.8 Å². The molecule has 0 atom stereocenters. The smallest absolute Gasteiger partial charge is 0.255 e. The number of carbonyl (C=O) groups is 1. The molecule has 3 N–H and O–H groups in total. The summed E-state index contributed by atoms with van der Waals surface area (Å²) < 4.78 is 0. The van der Waals surface area contributed by atoms with E-state index in [4.69, 9.17) is 0 Å². The highest BCUT2D eigenvalue weighted by molar-refractivity contribution is 6.04. The second kappa shape index (κ2) is 5.48. The lowest BCUT2D eigenvalue weighted by Gasteiger charge is -2.18. The summed E-state index contributed by atoms with van der Waals surface area (Å²) in [5.41, 5.74) is 4.32. The molecule has 108 valence electrons. The molecule has 1 heterocycles. The van der Waals surface area contributed by atoms with Crippen LogP contribution in [0.2, 0.25) is 0 Å². The zero-order chi connectivity index (χ0) is 14.8. The summed E-state index contributed by atoms with van der Waals surface area (Å²) in [6.45, 7) is 2.80. The molecule has 2 aromatic rings. The second-order valence-electron chi connectivity index (χ2n) is 5.36. The Kier molecular flexibility index (Phi) is 3.52. The first-order valence-electron chi connectivity index (χ1n) is 7.11. The Balaban J connectivity index is 1.80. The Morgan fingerprint density at radius 3 is 2.90 bits per heavy atom. The fourth-order valence-corrected chi connectivity index (χ4v) is 2.51. The normalized spacial score (nSPS) is 13.2. The lowest BCUT2D eigenvalue weighted by atomic mass is 10.0. The van der Waals surface area contributed by atoms with E-state index >= 15 is 0 Å². The van der Waals surface area contributed by atoms with Gasteiger partial charge in [-0.2, -0.15) is 0 Å². The van der Waals surface area contributed by atoms with E-state index in [1.165, 1.54) is 5.56 Å². The van der Waals surface area contributed by atoms with Gasteiger partial charge < -0.3 is 15.7 Å². The molecule has 0 spiro atoms. The SMILES string of the molecule is Cc1ccc(NC(=O)c2ccc3c(c2)CCCN3)cc1O. The summed E-state index contributed by atoms with van der Waals surface area (Å²) in [6.07, 6.45) is 2.08. The van der Waals surface area contributed by atoms with E-state index in [0.29, 0.717) is 11.3 Å². The van der Waals surface area contributed by atoms with Crippen molar-refractivity contribution in [3.8, 4) is 5.75 Å². The van der Waals surface area contributed by atoms with Crippen LogP contribution in [0.25, 0.3) is 0 Å². The monoisotopic (exact) mass is 282 g/mol. The molecule has 0 saturated carbocycles. The zero-order valence-electron chi connectivity index (χ0n) is 11.9. The van der Waals surface area contributed by atoms with Crippen LogP contribution in [0.5, 0.6) is 5.75 Å². The van der Waals surface area contributed by atoms with Crippen LogP contribution in [-0.4, -0.2) is 17.6 Å². The van der Waals surface area contributed by atoms with Gasteiger partial charge in [0.05, 0.1) is 0 Å². The maximum Gasteiger partial charge on any atom is 0.255 e. The number of aryl methyl sites for hydroxylation is 2. The zero-order valence-corrected chi connectivity index (χ0v) is 11.9. The summed E-state index contributed by atoms with van der Waals surface area (Å²) in [5.74, 6) is 0.0223. The number of nitrogens with one attached hydrogen (secondary N) is 2. The van der Waals surface area contributed by atoms with Gasteiger partial charge in [0.15, 0.2) is 0 Å². The molecular formula is C17H18N2O2. The summed E-state index contributed by atoms with van der Waals surface area (Å²) in [7, 11) is 0. The first kappa shape index (κ1) is 13.5. The highest BCUT2D eigenvalue weighted by Crippen LogP contribution is 2.24. The number of anilines is 2. The van der Waals surface area contributed by atoms with Crippen molar-refractivity contribution < 1.29 is 9.90 Å². The molecule has 0 fully saturated rings. The number of aromatic hydroxyl groups is 1. The molecule has 1 aliphatic heterocycles. The van der Waals surface area contributed by atoms with Gasteiger partial charge in [0.25, 0.3) is 5.91 Å². The van der Waals surface area contributed by atoms with Crippen LogP contribution in [0.15, 0.2) is 36.4 Å². The molecule has 4 nitrogen and oxygen atoms in total. The fraction of sp³-hybridized carbons (Fsp3) is 0.235. The molecule has 0 radical (unpaired) electrons. The highest BCUT2D eigenvalue weighted by Gasteiger charge is 2.13. The van der Waals surface area contributed by atoms with Crippen molar-refractivity contribution in [1.29, 1.82) is 0 Å². The Morgan fingerprint density at radius 2 is 2.10 bits per heavy atom. The Morgan fingerprint density at radius 1 is 1.24 bits per heavy atom. The third-order valence-electron chi connectivity index (χ3n) is 3.77. The maximum atomic E-state index is 12.3. The molecule has 3 rings (SSSR count). The van der Waals surface area contributed by atoms with Crippen LogP contribution in [-0.2, 0) is 6.42 Å². The van der Waals surface area contributed by atoms with Gasteiger partial charge in [0.1, 0.15) is 5.75 Å². The van der Waals surface area contributed by atoms with Crippen LogP contribution < -0.4 is 10.6 Å². The molecular weight excluding hydrogens is 264 g/mol. The summed E-state index contributed by atoms with van der Waals surface area (Å²) in [5, 5.41) is 15.8. The minimum Gasteiger partial charge on any atom is -0.508 e. The predicted octanol–water partition coefficient (Wildman–Crippen LogP) is 3.31. The first-order chi connectivity index (χ1) is 10.1. The molecule has 21 heavy (non-hydrogen) atoms. The number of amides is 1. The average Bonchev–Trinajstić information content (AvgIpc) is 2.50. The summed E-state index contributed by atoms with van der Waals surface area (Å²) in [6, 6.07) is 10.8. The van der Waals surface area contributed by atoms with Gasteiger partial charge in [0, 0.05) is 29.5 Å². The molecule has 4 heteroatoms. The second-order valence-corrected chi connectivity index (χ2v) is 5.36. The van der Waals surface area contributed by atoms with Crippen molar-refractivity contribution in [1.82, 2.24) is 0 Å². The van der Waals surface area contributed by atoms with E-state index in [9.17, 15) is 9.90 Å². The number of phenolic OH excluding ortho intramolecular Hbond substituents is 1. The molecule has 2 aromatic carbocycles. The fourth-order valence-electron chi connectivity index (χ4n) is 2.51. The number of hydrogen-bond donors (Lipinski definition) is 3. The highest BCUT2D eigenvalue weighted by atomic mass is 16.3.